The van der Waals surface area contributed by atoms with Crippen molar-refractivity contribution in [3.8, 4) is 0 Å². The van der Waals surface area contributed by atoms with Crippen molar-refractivity contribution < 1.29 is 47.3 Å². The Hall–Kier alpha value is -1.91. The second-order valence-electron chi connectivity index (χ2n) is 5.13. The molecule has 0 radical (unpaired) electrons. The van der Waals surface area contributed by atoms with Gasteiger partial charge in [-0.15, -0.1) is 0 Å². The van der Waals surface area contributed by atoms with Crippen molar-refractivity contribution in [3.05, 3.63) is 97.6 Å². The van der Waals surface area contributed by atoms with Crippen LogP contribution in [-0.2, 0) is 16.3 Å². The zero-order chi connectivity index (χ0) is 19.9. The Morgan fingerprint density at radius 3 is 1.48 bits per heavy atom. The second-order valence-corrected chi connectivity index (χ2v) is 9.51. The van der Waals surface area contributed by atoms with E-state index < -0.39 is 26.8 Å². The molecule has 0 saturated carbocycles. The van der Waals surface area contributed by atoms with Gasteiger partial charge in [-0.2, -0.15) is 13.2 Å². The van der Waals surface area contributed by atoms with E-state index in [1.54, 1.807) is 0 Å². The van der Waals surface area contributed by atoms with Crippen LogP contribution in [0, 0.1) is 7.14 Å². The Bertz CT molecular complexity index is 923. The van der Waals surface area contributed by atoms with Crippen molar-refractivity contribution in [2.45, 2.75) is 11.1 Å². The third kappa shape index (κ3) is 6.96. The van der Waals surface area contributed by atoms with Crippen LogP contribution in [0.4, 0.5) is 13.2 Å². The molecule has 0 bridgehead atoms. The molecular formula is C19H14F3IO3S. The SMILES string of the molecule is O=S(=O)([O-])c1ccccc1C(F)(F)F.c1ccc([I+]c2ccccc2)cc1. The van der Waals surface area contributed by atoms with Gasteiger partial charge in [-0.05, 0) is 36.4 Å². The predicted octanol–water partition coefficient (Wildman–Crippen LogP) is 1.42. The first-order chi connectivity index (χ1) is 12.7. The molecule has 0 spiro atoms. The minimum atomic E-state index is -5.09. The first kappa shape index (κ1) is 21.4. The highest BCUT2D eigenvalue weighted by Gasteiger charge is 2.34. The van der Waals surface area contributed by atoms with Crippen LogP contribution in [-0.4, -0.2) is 13.0 Å². The molecule has 0 N–H and O–H groups in total. The molecule has 3 aromatic rings. The monoisotopic (exact) mass is 506 g/mol. The molecule has 0 aromatic heterocycles. The fraction of sp³-hybridized carbons (Fsp3) is 0.0526. The summed E-state index contributed by atoms with van der Waals surface area (Å²) in [6.45, 7) is 0. The summed E-state index contributed by atoms with van der Waals surface area (Å²) in [5.74, 6) is 0. The maximum atomic E-state index is 12.2. The van der Waals surface area contributed by atoms with Gasteiger partial charge in [0, 0.05) is 0 Å². The molecule has 3 rings (SSSR count). The summed E-state index contributed by atoms with van der Waals surface area (Å²) in [4.78, 5) is -1.24. The number of halogens is 4. The normalized spacial score (nSPS) is 11.4. The number of hydrogen-bond acceptors (Lipinski definition) is 3. The van der Waals surface area contributed by atoms with Crippen LogP contribution in [0.25, 0.3) is 0 Å². The van der Waals surface area contributed by atoms with Gasteiger partial charge in [0.2, 0.25) is 0 Å². The molecule has 142 valence electrons. The van der Waals surface area contributed by atoms with Gasteiger partial charge in [-0.25, -0.2) is 8.42 Å². The third-order valence-corrected chi connectivity index (χ3v) is 6.72. The highest BCUT2D eigenvalue weighted by atomic mass is 127. The van der Waals surface area contributed by atoms with Gasteiger partial charge >= 0.3 is 27.4 Å². The zero-order valence-electron chi connectivity index (χ0n) is 13.7. The average molecular weight is 506 g/mol. The lowest BCUT2D eigenvalue weighted by Gasteiger charge is -2.14. The summed E-state index contributed by atoms with van der Waals surface area (Å²) in [5.41, 5.74) is -1.44. The molecule has 0 amide bonds. The maximum Gasteiger partial charge on any atom is 0.417 e. The van der Waals surface area contributed by atoms with Gasteiger partial charge in [-0.3, -0.25) is 0 Å². The molecule has 3 nitrogen and oxygen atoms in total. The number of rotatable bonds is 3. The zero-order valence-corrected chi connectivity index (χ0v) is 16.7. The molecule has 0 saturated heterocycles. The first-order valence-corrected chi connectivity index (χ1v) is 11.1. The molecule has 0 fully saturated rings. The van der Waals surface area contributed by atoms with Crippen LogP contribution in [0.1, 0.15) is 5.56 Å². The highest BCUT2D eigenvalue weighted by molar-refractivity contribution is 7.85. The predicted molar refractivity (Wildman–Crippen MR) is 89.7 cm³/mol. The van der Waals surface area contributed by atoms with Crippen LogP contribution in [0.5, 0.6) is 0 Å². The van der Waals surface area contributed by atoms with Gasteiger partial charge in [0.25, 0.3) is 0 Å². The Morgan fingerprint density at radius 1 is 0.704 bits per heavy atom. The lowest BCUT2D eigenvalue weighted by atomic mass is 10.2. The van der Waals surface area contributed by atoms with Crippen molar-refractivity contribution in [2.75, 3.05) is 0 Å². The number of alkyl halides is 3. The summed E-state index contributed by atoms with van der Waals surface area (Å²) in [6, 6.07) is 24.6. The van der Waals surface area contributed by atoms with Crippen molar-refractivity contribution in [1.29, 1.82) is 0 Å². The van der Waals surface area contributed by atoms with Crippen molar-refractivity contribution in [1.82, 2.24) is 0 Å². The van der Waals surface area contributed by atoms with Crippen LogP contribution >= 0.6 is 0 Å². The van der Waals surface area contributed by atoms with Crippen LogP contribution < -0.4 is 21.2 Å². The number of benzene rings is 3. The number of hydrogen-bond donors (Lipinski definition) is 0. The molecule has 3 aromatic carbocycles. The quantitative estimate of drug-likeness (QED) is 0.399. The largest absolute Gasteiger partial charge is 0.744 e. The summed E-state index contributed by atoms with van der Waals surface area (Å²) in [7, 11) is -5.09. The van der Waals surface area contributed by atoms with Crippen molar-refractivity contribution in [3.63, 3.8) is 0 Å². The van der Waals surface area contributed by atoms with E-state index in [0.717, 1.165) is 12.1 Å². The van der Waals surface area contributed by atoms with Gasteiger partial charge < -0.3 is 4.55 Å². The van der Waals surface area contributed by atoms with Crippen molar-refractivity contribution in [2.24, 2.45) is 0 Å². The van der Waals surface area contributed by atoms with E-state index in [1.165, 1.54) is 7.14 Å². The lowest BCUT2D eigenvalue weighted by molar-refractivity contribution is -0.597. The molecule has 8 heteroatoms. The van der Waals surface area contributed by atoms with Gasteiger partial charge in [0.05, 0.1) is 10.5 Å². The van der Waals surface area contributed by atoms with Gasteiger partial charge in [0.15, 0.2) is 7.14 Å². The Labute approximate surface area is 165 Å². The van der Waals surface area contributed by atoms with E-state index in [4.69, 9.17) is 0 Å². The molecule has 0 aliphatic carbocycles. The van der Waals surface area contributed by atoms with Crippen molar-refractivity contribution >= 4 is 10.1 Å². The lowest BCUT2D eigenvalue weighted by Crippen LogP contribution is -3.61. The standard InChI is InChI=1S/C12H10I.C7H5F3O3S/c1-3-7-11(8-4-1)13-12-9-5-2-6-10-12;8-7(9,10)5-3-1-2-4-6(5)14(11,12)13/h1-10H;1-4H,(H,11,12,13)/q+1;/p-1. The fourth-order valence-corrected chi connectivity index (χ4v) is 4.97. The minimum Gasteiger partial charge on any atom is -0.744 e. The Morgan fingerprint density at radius 2 is 1.11 bits per heavy atom. The molecule has 0 heterocycles. The molecule has 0 atom stereocenters. The first-order valence-electron chi connectivity index (χ1n) is 7.55. The topological polar surface area (TPSA) is 57.2 Å². The van der Waals surface area contributed by atoms with Crippen LogP contribution in [0.15, 0.2) is 89.8 Å². The molecule has 27 heavy (non-hydrogen) atoms. The van der Waals surface area contributed by atoms with Crippen LogP contribution in [0.2, 0.25) is 0 Å². The summed E-state index contributed by atoms with van der Waals surface area (Å²) in [6.07, 6.45) is -4.84. The van der Waals surface area contributed by atoms with E-state index >= 15 is 0 Å². The highest BCUT2D eigenvalue weighted by Crippen LogP contribution is 2.33. The third-order valence-electron chi connectivity index (χ3n) is 3.15. The molecule has 0 aliphatic rings. The molecular weight excluding hydrogens is 492 g/mol. The molecule has 0 unspecified atom stereocenters. The summed E-state index contributed by atoms with van der Waals surface area (Å²) < 4.78 is 70.8. The van der Waals surface area contributed by atoms with E-state index in [1.807, 2.05) is 0 Å². The smallest absolute Gasteiger partial charge is 0.417 e. The summed E-state index contributed by atoms with van der Waals surface area (Å²) in [5, 5.41) is 0. The van der Waals surface area contributed by atoms with Crippen LogP contribution in [0.3, 0.4) is 0 Å². The van der Waals surface area contributed by atoms with Gasteiger partial charge in [0.1, 0.15) is 10.1 Å². The van der Waals surface area contributed by atoms with E-state index in [9.17, 15) is 26.1 Å². The fourth-order valence-electron chi connectivity index (χ4n) is 2.00. The van der Waals surface area contributed by atoms with E-state index in [-0.39, 0.29) is 21.2 Å². The average Bonchev–Trinajstić information content (AvgIpc) is 2.63. The Balaban J connectivity index is 0.000000194. The Kier molecular flexibility index (Phi) is 7.40. The van der Waals surface area contributed by atoms with Gasteiger partial charge in [-0.1, -0.05) is 48.5 Å². The summed E-state index contributed by atoms with van der Waals surface area (Å²) >= 11 is 0.0287. The second kappa shape index (κ2) is 9.34. The molecule has 0 aliphatic heterocycles. The van der Waals surface area contributed by atoms with E-state index in [0.29, 0.717) is 12.1 Å². The maximum absolute atomic E-state index is 12.2. The minimum absolute atomic E-state index is 0.0287. The van der Waals surface area contributed by atoms with E-state index in [2.05, 4.69) is 60.7 Å².